The molecule has 1 fully saturated rings. The van der Waals surface area contributed by atoms with E-state index in [4.69, 9.17) is 0 Å². The number of imidazole rings is 1. The fraction of sp³-hybridized carbons (Fsp3) is 0.476. The second-order valence-electron chi connectivity index (χ2n) is 7.56. The van der Waals surface area contributed by atoms with Crippen LogP contribution in [0.15, 0.2) is 39.9 Å². The van der Waals surface area contributed by atoms with Crippen LogP contribution in [0.25, 0.3) is 11.2 Å². The SMILES string of the molecule is CCn1c(N2CCN(CCCc3ccccc3)CC2)nc2c1c(=O)[nH]c(=O)n2C. The number of aryl methyl sites for hydroxylation is 3. The molecule has 0 radical (unpaired) electrons. The van der Waals surface area contributed by atoms with Crippen LogP contribution in [0, 0.1) is 0 Å². The van der Waals surface area contributed by atoms with Gasteiger partial charge in [-0.3, -0.25) is 19.2 Å². The Morgan fingerprint density at radius 2 is 1.79 bits per heavy atom. The van der Waals surface area contributed by atoms with Crippen LogP contribution < -0.4 is 16.1 Å². The standard InChI is InChI=1S/C21H28N6O2/c1-3-27-17-18(24(2)21(29)23-19(17)28)22-20(27)26-14-12-25(13-15-26)11-7-10-16-8-5-4-6-9-16/h4-6,8-9H,3,7,10-15H2,1-2H3,(H,23,28,29). The molecular formula is C21H28N6O2. The van der Waals surface area contributed by atoms with Gasteiger partial charge in [0.2, 0.25) is 5.95 Å². The lowest BCUT2D eigenvalue weighted by Gasteiger charge is -2.35. The lowest BCUT2D eigenvalue weighted by Crippen LogP contribution is -2.47. The van der Waals surface area contributed by atoms with Crippen molar-refractivity contribution in [3.8, 4) is 0 Å². The van der Waals surface area contributed by atoms with Crippen LogP contribution in [0.5, 0.6) is 0 Å². The van der Waals surface area contributed by atoms with Crippen molar-refractivity contribution in [3.05, 3.63) is 56.7 Å². The maximum absolute atomic E-state index is 12.4. The summed E-state index contributed by atoms with van der Waals surface area (Å²) in [6.07, 6.45) is 2.25. The highest BCUT2D eigenvalue weighted by molar-refractivity contribution is 5.74. The number of benzene rings is 1. The molecule has 8 heteroatoms. The van der Waals surface area contributed by atoms with Crippen LogP contribution in [0.1, 0.15) is 18.9 Å². The summed E-state index contributed by atoms with van der Waals surface area (Å²) in [7, 11) is 1.64. The Balaban J connectivity index is 1.44. The second kappa shape index (κ2) is 8.24. The number of piperazine rings is 1. The Morgan fingerprint density at radius 1 is 1.07 bits per heavy atom. The molecule has 0 saturated carbocycles. The topological polar surface area (TPSA) is 79.2 Å². The number of fused-ring (bicyclic) bond motifs is 1. The zero-order valence-corrected chi connectivity index (χ0v) is 17.1. The minimum absolute atomic E-state index is 0.372. The van der Waals surface area contributed by atoms with E-state index in [-0.39, 0.29) is 5.56 Å². The van der Waals surface area contributed by atoms with Crippen molar-refractivity contribution in [2.24, 2.45) is 7.05 Å². The molecule has 0 aliphatic carbocycles. The van der Waals surface area contributed by atoms with E-state index >= 15 is 0 Å². The van der Waals surface area contributed by atoms with Crippen LogP contribution in [0.3, 0.4) is 0 Å². The van der Waals surface area contributed by atoms with Crippen molar-refractivity contribution >= 4 is 17.1 Å². The third-order valence-corrected chi connectivity index (χ3v) is 5.74. The molecule has 0 spiro atoms. The normalized spacial score (nSPS) is 15.3. The van der Waals surface area contributed by atoms with Gasteiger partial charge in [0.15, 0.2) is 11.2 Å². The third kappa shape index (κ3) is 3.85. The van der Waals surface area contributed by atoms with Gasteiger partial charge in [-0.1, -0.05) is 30.3 Å². The second-order valence-corrected chi connectivity index (χ2v) is 7.56. The summed E-state index contributed by atoms with van der Waals surface area (Å²) >= 11 is 0. The van der Waals surface area contributed by atoms with Gasteiger partial charge in [-0.25, -0.2) is 4.79 Å². The molecular weight excluding hydrogens is 368 g/mol. The predicted molar refractivity (Wildman–Crippen MR) is 115 cm³/mol. The molecule has 29 heavy (non-hydrogen) atoms. The van der Waals surface area contributed by atoms with Gasteiger partial charge in [0.05, 0.1) is 0 Å². The number of nitrogens with zero attached hydrogens (tertiary/aromatic N) is 5. The quantitative estimate of drug-likeness (QED) is 0.677. The number of aromatic amines is 1. The zero-order chi connectivity index (χ0) is 20.4. The summed E-state index contributed by atoms with van der Waals surface area (Å²) in [5.74, 6) is 0.776. The Hall–Kier alpha value is -2.87. The minimum Gasteiger partial charge on any atom is -0.340 e. The number of aromatic nitrogens is 4. The molecule has 4 rings (SSSR count). The molecule has 2 aromatic heterocycles. The molecule has 0 amide bonds. The Labute approximate surface area is 169 Å². The van der Waals surface area contributed by atoms with Gasteiger partial charge in [0.1, 0.15) is 0 Å². The van der Waals surface area contributed by atoms with Gasteiger partial charge in [-0.15, -0.1) is 0 Å². The van der Waals surface area contributed by atoms with Crippen LogP contribution >= 0.6 is 0 Å². The number of rotatable bonds is 6. The van der Waals surface area contributed by atoms with E-state index in [1.165, 1.54) is 10.1 Å². The van der Waals surface area contributed by atoms with Gasteiger partial charge in [0.25, 0.3) is 5.56 Å². The van der Waals surface area contributed by atoms with E-state index in [0.717, 1.165) is 51.5 Å². The van der Waals surface area contributed by atoms with E-state index in [0.29, 0.717) is 17.7 Å². The molecule has 1 saturated heterocycles. The van der Waals surface area contributed by atoms with E-state index in [2.05, 4.69) is 50.1 Å². The first-order valence-electron chi connectivity index (χ1n) is 10.3. The smallest absolute Gasteiger partial charge is 0.329 e. The molecule has 3 heterocycles. The van der Waals surface area contributed by atoms with Crippen LogP contribution in [0.4, 0.5) is 5.95 Å². The number of H-pyrrole nitrogens is 1. The number of hydrogen-bond acceptors (Lipinski definition) is 5. The molecule has 3 aromatic rings. The van der Waals surface area contributed by atoms with Gasteiger partial charge >= 0.3 is 5.69 Å². The number of hydrogen-bond donors (Lipinski definition) is 1. The third-order valence-electron chi connectivity index (χ3n) is 5.74. The van der Waals surface area contributed by atoms with Crippen LogP contribution in [-0.4, -0.2) is 56.7 Å². The average Bonchev–Trinajstić information content (AvgIpc) is 3.14. The zero-order valence-electron chi connectivity index (χ0n) is 17.1. The largest absolute Gasteiger partial charge is 0.340 e. The first-order valence-corrected chi connectivity index (χ1v) is 10.3. The van der Waals surface area contributed by atoms with E-state index in [1.807, 2.05) is 11.5 Å². The minimum atomic E-state index is -0.432. The lowest BCUT2D eigenvalue weighted by molar-refractivity contribution is 0.253. The van der Waals surface area contributed by atoms with Crippen molar-refractivity contribution in [3.63, 3.8) is 0 Å². The van der Waals surface area contributed by atoms with E-state index < -0.39 is 5.69 Å². The Morgan fingerprint density at radius 3 is 2.48 bits per heavy atom. The summed E-state index contributed by atoms with van der Waals surface area (Å²) in [5, 5.41) is 0. The lowest BCUT2D eigenvalue weighted by atomic mass is 10.1. The summed E-state index contributed by atoms with van der Waals surface area (Å²) < 4.78 is 3.32. The van der Waals surface area contributed by atoms with Crippen molar-refractivity contribution in [1.82, 2.24) is 24.0 Å². The Kier molecular flexibility index (Phi) is 5.53. The summed E-state index contributed by atoms with van der Waals surface area (Å²) in [5.41, 5.74) is 1.50. The fourth-order valence-corrected chi connectivity index (χ4v) is 4.09. The summed E-state index contributed by atoms with van der Waals surface area (Å²) in [6, 6.07) is 10.6. The molecule has 8 nitrogen and oxygen atoms in total. The fourth-order valence-electron chi connectivity index (χ4n) is 4.09. The number of nitrogens with one attached hydrogen (secondary N) is 1. The molecule has 1 aliphatic heterocycles. The monoisotopic (exact) mass is 396 g/mol. The molecule has 0 unspecified atom stereocenters. The van der Waals surface area contributed by atoms with Gasteiger partial charge < -0.3 is 9.47 Å². The van der Waals surface area contributed by atoms with E-state index in [9.17, 15) is 9.59 Å². The molecule has 1 aromatic carbocycles. The molecule has 1 N–H and O–H groups in total. The van der Waals surface area contributed by atoms with Crippen molar-refractivity contribution in [2.45, 2.75) is 26.3 Å². The van der Waals surface area contributed by atoms with Crippen LogP contribution in [0.2, 0.25) is 0 Å². The molecule has 154 valence electrons. The van der Waals surface area contributed by atoms with Crippen LogP contribution in [-0.2, 0) is 20.0 Å². The van der Waals surface area contributed by atoms with Crippen molar-refractivity contribution in [1.29, 1.82) is 0 Å². The Bertz CT molecular complexity index is 1090. The number of anilines is 1. The highest BCUT2D eigenvalue weighted by atomic mass is 16.2. The van der Waals surface area contributed by atoms with E-state index in [1.54, 1.807) is 7.05 Å². The van der Waals surface area contributed by atoms with Crippen molar-refractivity contribution < 1.29 is 0 Å². The maximum Gasteiger partial charge on any atom is 0.329 e. The molecule has 0 atom stereocenters. The van der Waals surface area contributed by atoms with Crippen molar-refractivity contribution in [2.75, 3.05) is 37.6 Å². The first-order chi connectivity index (χ1) is 14.1. The summed E-state index contributed by atoms with van der Waals surface area (Å²) in [6.45, 7) is 7.37. The van der Waals surface area contributed by atoms with Gasteiger partial charge in [0, 0.05) is 39.8 Å². The first kappa shape index (κ1) is 19.4. The van der Waals surface area contributed by atoms with Gasteiger partial charge in [-0.05, 0) is 31.9 Å². The van der Waals surface area contributed by atoms with Gasteiger partial charge in [-0.2, -0.15) is 4.98 Å². The highest BCUT2D eigenvalue weighted by Gasteiger charge is 2.24. The molecule has 0 bridgehead atoms. The summed E-state index contributed by atoms with van der Waals surface area (Å²) in [4.78, 5) is 36.0. The highest BCUT2D eigenvalue weighted by Crippen LogP contribution is 2.20. The maximum atomic E-state index is 12.4. The predicted octanol–water partition coefficient (Wildman–Crippen LogP) is 1.20. The molecule has 1 aliphatic rings. The average molecular weight is 396 g/mol.